The van der Waals surface area contributed by atoms with Crippen LogP contribution in [0.5, 0.6) is 0 Å². The minimum Gasteiger partial charge on any atom is -0.460 e. The molecule has 3 aromatic rings. The van der Waals surface area contributed by atoms with Crippen LogP contribution in [0.3, 0.4) is 0 Å². The number of rotatable bonds is 10. The molecule has 0 saturated carbocycles. The van der Waals surface area contributed by atoms with Crippen molar-refractivity contribution < 1.29 is 19.2 Å². The number of aromatic nitrogens is 1. The van der Waals surface area contributed by atoms with Crippen molar-refractivity contribution in [2.75, 3.05) is 11.5 Å². The van der Waals surface area contributed by atoms with E-state index in [1.807, 2.05) is 60.7 Å². The quantitative estimate of drug-likeness (QED) is 0.207. The molecule has 0 N–H and O–H groups in total. The largest absolute Gasteiger partial charge is 0.460 e. The molecule has 1 heterocycles. The van der Waals surface area contributed by atoms with Gasteiger partial charge in [0, 0.05) is 24.8 Å². The second-order valence-electron chi connectivity index (χ2n) is 7.05. The first-order valence-electron chi connectivity index (χ1n) is 10.1. The molecule has 0 aliphatic heterocycles. The first kappa shape index (κ1) is 22.6. The molecule has 0 saturated heterocycles. The molecule has 0 bridgehead atoms. The lowest BCUT2D eigenvalue weighted by Crippen LogP contribution is -2.25. The highest BCUT2D eigenvalue weighted by Gasteiger charge is 2.28. The highest BCUT2D eigenvalue weighted by Crippen LogP contribution is 2.32. The second kappa shape index (κ2) is 10.8. The van der Waals surface area contributed by atoms with E-state index < -0.39 is 23.1 Å². The van der Waals surface area contributed by atoms with Gasteiger partial charge in [0.1, 0.15) is 0 Å². The lowest BCUT2D eigenvalue weighted by molar-refractivity contribution is -0.385. The average molecular weight is 433 g/mol. The van der Waals surface area contributed by atoms with E-state index in [1.54, 1.807) is 11.8 Å². The van der Waals surface area contributed by atoms with Gasteiger partial charge in [0.05, 0.1) is 18.0 Å². The molecule has 0 aliphatic rings. The molecule has 0 aliphatic carbocycles. The topological polar surface area (TPSA) is 103 Å². The van der Waals surface area contributed by atoms with Gasteiger partial charge < -0.3 is 9.64 Å². The van der Waals surface area contributed by atoms with Crippen LogP contribution in [0.25, 0.3) is 0 Å². The van der Waals surface area contributed by atoms with Crippen molar-refractivity contribution in [2.24, 2.45) is 0 Å². The van der Waals surface area contributed by atoms with Crippen LogP contribution < -0.4 is 4.90 Å². The average Bonchev–Trinajstić information content (AvgIpc) is 2.80. The third-order valence-electron chi connectivity index (χ3n) is 4.76. The number of esters is 1. The smallest absolute Gasteiger partial charge is 0.374 e. The summed E-state index contributed by atoms with van der Waals surface area (Å²) in [5, 5.41) is 12.0. The molecule has 8 nitrogen and oxygen atoms in total. The third kappa shape index (κ3) is 5.75. The van der Waals surface area contributed by atoms with E-state index in [0.717, 1.165) is 11.1 Å². The van der Waals surface area contributed by atoms with E-state index in [9.17, 15) is 19.7 Å². The van der Waals surface area contributed by atoms with Crippen molar-refractivity contribution >= 4 is 23.3 Å². The van der Waals surface area contributed by atoms with Crippen molar-refractivity contribution in [3.05, 3.63) is 99.7 Å². The Morgan fingerprint density at radius 3 is 2.03 bits per heavy atom. The maximum Gasteiger partial charge on any atom is 0.374 e. The lowest BCUT2D eigenvalue weighted by Gasteiger charge is -2.24. The van der Waals surface area contributed by atoms with E-state index in [-0.39, 0.29) is 23.7 Å². The number of Topliss-reactive ketones (excluding diaryl/α,β-unsaturated/α-hetero) is 1. The van der Waals surface area contributed by atoms with Crippen LogP contribution in [-0.2, 0) is 33.8 Å². The van der Waals surface area contributed by atoms with Crippen LogP contribution in [0.15, 0.2) is 72.9 Å². The Morgan fingerprint density at radius 1 is 0.969 bits per heavy atom. The summed E-state index contributed by atoms with van der Waals surface area (Å²) in [6.45, 7) is 2.39. The Kier molecular flexibility index (Phi) is 7.64. The summed E-state index contributed by atoms with van der Waals surface area (Å²) in [7, 11) is 0. The van der Waals surface area contributed by atoms with Gasteiger partial charge >= 0.3 is 11.7 Å². The van der Waals surface area contributed by atoms with E-state index in [1.165, 1.54) is 12.3 Å². The molecular formula is C24H23N3O5. The molecule has 1 aromatic heterocycles. The lowest BCUT2D eigenvalue weighted by atomic mass is 10.1. The normalized spacial score (nSPS) is 10.4. The predicted octanol–water partition coefficient (Wildman–Crippen LogP) is 3.87. The highest BCUT2D eigenvalue weighted by molar-refractivity contribution is 6.34. The maximum absolute atomic E-state index is 12.2. The van der Waals surface area contributed by atoms with Crippen LogP contribution in [0, 0.1) is 10.1 Å². The second-order valence-corrected chi connectivity index (χ2v) is 7.05. The summed E-state index contributed by atoms with van der Waals surface area (Å²) >= 11 is 0. The fourth-order valence-electron chi connectivity index (χ4n) is 3.32. The summed E-state index contributed by atoms with van der Waals surface area (Å²) in [4.78, 5) is 41.5. The predicted molar refractivity (Wildman–Crippen MR) is 119 cm³/mol. The molecule has 0 radical (unpaired) electrons. The monoisotopic (exact) mass is 433 g/mol. The number of nitrogens with zero attached hydrogens (tertiary/aromatic N) is 3. The first-order valence-corrected chi connectivity index (χ1v) is 10.1. The molecule has 3 rings (SSSR count). The molecule has 0 unspecified atom stereocenters. The van der Waals surface area contributed by atoms with Gasteiger partial charge in [-0.1, -0.05) is 60.7 Å². The minimum absolute atomic E-state index is 0.0518. The number of pyridine rings is 1. The van der Waals surface area contributed by atoms with E-state index in [2.05, 4.69) is 4.98 Å². The number of carbonyl (C=O) groups is 2. The van der Waals surface area contributed by atoms with Gasteiger partial charge in [0.2, 0.25) is 11.6 Å². The van der Waals surface area contributed by atoms with E-state index in [4.69, 9.17) is 4.74 Å². The number of hydrogen-bond acceptors (Lipinski definition) is 7. The first-order chi connectivity index (χ1) is 15.5. The van der Waals surface area contributed by atoms with Crippen LogP contribution in [-0.4, -0.2) is 28.3 Å². The van der Waals surface area contributed by atoms with Gasteiger partial charge in [0.15, 0.2) is 0 Å². The number of nitro groups is 1. The number of ketones is 1. The van der Waals surface area contributed by atoms with Crippen LogP contribution in [0.2, 0.25) is 0 Å². The summed E-state index contributed by atoms with van der Waals surface area (Å²) in [6, 6.07) is 20.5. The van der Waals surface area contributed by atoms with Gasteiger partial charge in [-0.3, -0.25) is 14.9 Å². The van der Waals surface area contributed by atoms with Crippen molar-refractivity contribution in [1.82, 2.24) is 4.98 Å². The zero-order valence-electron chi connectivity index (χ0n) is 17.6. The Hall–Kier alpha value is -4.07. The number of benzene rings is 2. The number of hydrogen-bond donors (Lipinski definition) is 0. The highest BCUT2D eigenvalue weighted by atomic mass is 16.6. The maximum atomic E-state index is 12.2. The third-order valence-corrected chi connectivity index (χ3v) is 4.76. The number of ether oxygens (including phenoxy) is 1. The van der Waals surface area contributed by atoms with Crippen molar-refractivity contribution in [3.8, 4) is 0 Å². The van der Waals surface area contributed by atoms with E-state index >= 15 is 0 Å². The summed E-state index contributed by atoms with van der Waals surface area (Å²) in [5.74, 6) is -1.72. The molecule has 8 heteroatoms. The van der Waals surface area contributed by atoms with Gasteiger partial charge in [-0.05, 0) is 24.1 Å². The van der Waals surface area contributed by atoms with Gasteiger partial charge in [0.25, 0.3) is 0 Å². The van der Waals surface area contributed by atoms with Crippen LogP contribution in [0.4, 0.5) is 11.5 Å². The van der Waals surface area contributed by atoms with Crippen LogP contribution >= 0.6 is 0 Å². The van der Waals surface area contributed by atoms with Gasteiger partial charge in [-0.15, -0.1) is 0 Å². The standard InChI is InChI=1S/C24H23N3O5/c1-2-32-24(29)21(28)15-20-13-14-25-23(22(20)27(30)31)26(16-18-9-5-3-6-10-18)17-19-11-7-4-8-12-19/h3-14H,2,15-17H2,1H3. The molecule has 0 fully saturated rings. The molecule has 164 valence electrons. The van der Waals surface area contributed by atoms with Crippen molar-refractivity contribution in [2.45, 2.75) is 26.4 Å². The fraction of sp³-hybridized carbons (Fsp3) is 0.208. The van der Waals surface area contributed by atoms with Gasteiger partial charge in [-0.2, -0.15) is 0 Å². The molecule has 0 spiro atoms. The Balaban J connectivity index is 2.01. The fourth-order valence-corrected chi connectivity index (χ4v) is 3.32. The molecular weight excluding hydrogens is 410 g/mol. The van der Waals surface area contributed by atoms with E-state index in [0.29, 0.717) is 13.1 Å². The minimum atomic E-state index is -1.01. The molecule has 0 amide bonds. The molecule has 32 heavy (non-hydrogen) atoms. The zero-order valence-corrected chi connectivity index (χ0v) is 17.6. The number of anilines is 1. The summed E-state index contributed by atoms with van der Waals surface area (Å²) in [6.07, 6.45) is 0.980. The van der Waals surface area contributed by atoms with Crippen molar-refractivity contribution in [1.29, 1.82) is 0 Å². The summed E-state index contributed by atoms with van der Waals surface area (Å²) in [5.41, 5.74) is 1.72. The Bertz CT molecular complexity index is 1050. The van der Waals surface area contributed by atoms with Crippen LogP contribution in [0.1, 0.15) is 23.6 Å². The summed E-state index contributed by atoms with van der Waals surface area (Å²) < 4.78 is 4.73. The molecule has 0 atom stereocenters. The number of carbonyl (C=O) groups excluding carboxylic acids is 2. The van der Waals surface area contributed by atoms with Crippen molar-refractivity contribution in [3.63, 3.8) is 0 Å². The Labute approximate surface area is 185 Å². The zero-order chi connectivity index (χ0) is 22.9. The Morgan fingerprint density at radius 2 is 1.53 bits per heavy atom. The molecule has 2 aromatic carbocycles. The van der Waals surface area contributed by atoms with Gasteiger partial charge in [-0.25, -0.2) is 9.78 Å². The SMILES string of the molecule is CCOC(=O)C(=O)Cc1ccnc(N(Cc2ccccc2)Cc2ccccc2)c1[N+](=O)[O-].